The Balaban J connectivity index is 1.25. The SMILES string of the molecule is c1cc(-c2c3ccccc3c(-c3c4ccccc4cc4c3oc3ccccc34)c3ccccc23)cc(-n2c3ccccc3c3ccccc32)c1. The summed E-state index contributed by atoms with van der Waals surface area (Å²) in [4.78, 5) is 0. The zero-order valence-electron chi connectivity index (χ0n) is 27.1. The molecule has 232 valence electrons. The van der Waals surface area contributed by atoms with Crippen LogP contribution in [-0.2, 0) is 0 Å². The van der Waals surface area contributed by atoms with E-state index in [1.54, 1.807) is 0 Å². The molecular formula is C48H29NO. The van der Waals surface area contributed by atoms with Gasteiger partial charge in [0.05, 0.1) is 11.0 Å². The lowest BCUT2D eigenvalue weighted by Crippen LogP contribution is -1.95. The maximum absolute atomic E-state index is 6.78. The van der Waals surface area contributed by atoms with Gasteiger partial charge in [-0.25, -0.2) is 0 Å². The summed E-state index contributed by atoms with van der Waals surface area (Å²) in [6.07, 6.45) is 0. The zero-order valence-corrected chi connectivity index (χ0v) is 27.1. The van der Waals surface area contributed by atoms with E-state index in [0.717, 1.165) is 33.2 Å². The van der Waals surface area contributed by atoms with Gasteiger partial charge in [0.2, 0.25) is 0 Å². The van der Waals surface area contributed by atoms with Gasteiger partial charge in [-0.2, -0.15) is 0 Å². The highest BCUT2D eigenvalue weighted by molar-refractivity contribution is 6.28. The Bertz CT molecular complexity index is 3050. The van der Waals surface area contributed by atoms with Gasteiger partial charge in [-0.3, -0.25) is 0 Å². The van der Waals surface area contributed by atoms with Gasteiger partial charge < -0.3 is 8.98 Å². The third kappa shape index (κ3) is 3.79. The van der Waals surface area contributed by atoms with Crippen LogP contribution in [0.3, 0.4) is 0 Å². The number of para-hydroxylation sites is 3. The lowest BCUT2D eigenvalue weighted by atomic mass is 9.84. The quantitative estimate of drug-likeness (QED) is 0.177. The number of aromatic nitrogens is 1. The number of nitrogens with zero attached hydrogens (tertiary/aromatic N) is 1. The van der Waals surface area contributed by atoms with Gasteiger partial charge in [0.25, 0.3) is 0 Å². The normalized spacial score (nSPS) is 12.0. The van der Waals surface area contributed by atoms with Gasteiger partial charge in [0.15, 0.2) is 0 Å². The molecular weight excluding hydrogens is 607 g/mol. The van der Waals surface area contributed by atoms with Crippen LogP contribution in [0.2, 0.25) is 0 Å². The highest BCUT2D eigenvalue weighted by atomic mass is 16.3. The van der Waals surface area contributed by atoms with Crippen LogP contribution in [0, 0.1) is 0 Å². The molecule has 0 aliphatic rings. The fourth-order valence-corrected chi connectivity index (χ4v) is 8.48. The van der Waals surface area contributed by atoms with Crippen LogP contribution in [0.4, 0.5) is 0 Å². The van der Waals surface area contributed by atoms with Crippen LogP contribution < -0.4 is 0 Å². The molecule has 0 N–H and O–H groups in total. The van der Waals surface area contributed by atoms with Crippen LogP contribution >= 0.6 is 0 Å². The van der Waals surface area contributed by atoms with Crippen LogP contribution in [0.1, 0.15) is 0 Å². The number of hydrogen-bond acceptors (Lipinski definition) is 1. The van der Waals surface area contributed by atoms with E-state index in [4.69, 9.17) is 4.42 Å². The van der Waals surface area contributed by atoms with E-state index in [0.29, 0.717) is 0 Å². The first-order chi connectivity index (χ1) is 24.8. The Hall–Kier alpha value is -6.64. The molecule has 2 nitrogen and oxygen atoms in total. The molecule has 0 aliphatic carbocycles. The second-order valence-electron chi connectivity index (χ2n) is 13.2. The average molecular weight is 636 g/mol. The van der Waals surface area contributed by atoms with E-state index in [-0.39, 0.29) is 0 Å². The molecule has 0 atom stereocenters. The monoisotopic (exact) mass is 635 g/mol. The van der Waals surface area contributed by atoms with Gasteiger partial charge >= 0.3 is 0 Å². The van der Waals surface area contributed by atoms with E-state index in [1.165, 1.54) is 70.8 Å². The maximum atomic E-state index is 6.78. The number of benzene rings is 9. The maximum Gasteiger partial charge on any atom is 0.143 e. The Morgan fingerprint density at radius 2 is 0.860 bits per heavy atom. The van der Waals surface area contributed by atoms with E-state index < -0.39 is 0 Å². The first kappa shape index (κ1) is 27.3. The van der Waals surface area contributed by atoms with Crippen molar-refractivity contribution < 1.29 is 4.42 Å². The number of fused-ring (bicyclic) bond motifs is 9. The summed E-state index contributed by atoms with van der Waals surface area (Å²) in [5, 5.41) is 12.1. The second-order valence-corrected chi connectivity index (χ2v) is 13.2. The molecule has 9 aromatic carbocycles. The summed E-state index contributed by atoms with van der Waals surface area (Å²) in [7, 11) is 0. The first-order valence-corrected chi connectivity index (χ1v) is 17.2. The van der Waals surface area contributed by atoms with Crippen molar-refractivity contribution in [3.8, 4) is 27.9 Å². The van der Waals surface area contributed by atoms with Crippen molar-refractivity contribution in [2.45, 2.75) is 0 Å². The van der Waals surface area contributed by atoms with Crippen molar-refractivity contribution in [2.24, 2.45) is 0 Å². The smallest absolute Gasteiger partial charge is 0.143 e. The molecule has 0 saturated heterocycles. The summed E-state index contributed by atoms with van der Waals surface area (Å²) in [6, 6.07) is 63.7. The van der Waals surface area contributed by atoms with E-state index in [9.17, 15) is 0 Å². The van der Waals surface area contributed by atoms with Crippen molar-refractivity contribution in [1.82, 2.24) is 4.57 Å². The molecule has 2 heterocycles. The fourth-order valence-electron chi connectivity index (χ4n) is 8.48. The van der Waals surface area contributed by atoms with Crippen molar-refractivity contribution in [1.29, 1.82) is 0 Å². The number of hydrogen-bond donors (Lipinski definition) is 0. The van der Waals surface area contributed by atoms with Crippen molar-refractivity contribution in [3.63, 3.8) is 0 Å². The number of rotatable bonds is 3. The Kier molecular flexibility index (Phi) is 5.70. The topological polar surface area (TPSA) is 18.1 Å². The molecule has 0 bridgehead atoms. The largest absolute Gasteiger partial charge is 0.455 e. The van der Waals surface area contributed by atoms with E-state index in [2.05, 4.69) is 180 Å². The zero-order chi connectivity index (χ0) is 32.8. The lowest BCUT2D eigenvalue weighted by Gasteiger charge is -2.19. The van der Waals surface area contributed by atoms with Crippen molar-refractivity contribution in [2.75, 3.05) is 0 Å². The summed E-state index contributed by atoms with van der Waals surface area (Å²) in [5.41, 5.74) is 10.2. The summed E-state index contributed by atoms with van der Waals surface area (Å²) >= 11 is 0. The lowest BCUT2D eigenvalue weighted by molar-refractivity contribution is 0.670. The molecule has 2 heteroatoms. The first-order valence-electron chi connectivity index (χ1n) is 17.2. The molecule has 0 aliphatic heterocycles. The minimum Gasteiger partial charge on any atom is -0.455 e. The van der Waals surface area contributed by atoms with Gasteiger partial charge in [0, 0.05) is 38.4 Å². The van der Waals surface area contributed by atoms with E-state index in [1.807, 2.05) is 0 Å². The fraction of sp³-hybridized carbons (Fsp3) is 0. The molecule has 50 heavy (non-hydrogen) atoms. The summed E-state index contributed by atoms with van der Waals surface area (Å²) in [5.74, 6) is 0. The Morgan fingerprint density at radius 3 is 1.52 bits per heavy atom. The molecule has 0 radical (unpaired) electrons. The molecule has 0 spiro atoms. The average Bonchev–Trinajstić information content (AvgIpc) is 3.72. The third-order valence-electron chi connectivity index (χ3n) is 10.5. The molecule has 0 unspecified atom stereocenters. The molecule has 11 rings (SSSR count). The molecule has 0 amide bonds. The van der Waals surface area contributed by atoms with Crippen molar-refractivity contribution >= 4 is 76.1 Å². The van der Waals surface area contributed by atoms with Gasteiger partial charge in [0.1, 0.15) is 11.2 Å². The number of furan rings is 1. The highest BCUT2D eigenvalue weighted by Crippen LogP contribution is 2.49. The van der Waals surface area contributed by atoms with Crippen LogP contribution in [0.5, 0.6) is 0 Å². The van der Waals surface area contributed by atoms with Gasteiger partial charge in [-0.15, -0.1) is 0 Å². The second kappa shape index (κ2) is 10.4. The minimum atomic E-state index is 0.908. The molecule has 11 aromatic rings. The van der Waals surface area contributed by atoms with Gasteiger partial charge in [-0.1, -0.05) is 140 Å². The third-order valence-corrected chi connectivity index (χ3v) is 10.5. The standard InChI is InChI=1S/C48H29NO/c1-2-17-33-30(14-1)29-41-36-20-9-12-27-44(36)50-48(41)47(33)46-39-23-5-3-21-37(39)45(38-22-4-6-24-40(38)46)31-15-13-16-32(28-31)49-42-25-10-7-18-34(42)35-19-8-11-26-43(35)49/h1-29H. The van der Waals surface area contributed by atoms with Crippen molar-refractivity contribution in [3.05, 3.63) is 176 Å². The molecule has 0 fully saturated rings. The minimum absolute atomic E-state index is 0.908. The molecule has 2 aromatic heterocycles. The Labute approximate surface area is 288 Å². The van der Waals surface area contributed by atoms with Crippen LogP contribution in [0.15, 0.2) is 180 Å². The summed E-state index contributed by atoms with van der Waals surface area (Å²) < 4.78 is 9.19. The highest BCUT2D eigenvalue weighted by Gasteiger charge is 2.23. The predicted molar refractivity (Wildman–Crippen MR) is 211 cm³/mol. The van der Waals surface area contributed by atoms with Crippen LogP contribution in [0.25, 0.3) is 104 Å². The van der Waals surface area contributed by atoms with Crippen LogP contribution in [-0.4, -0.2) is 4.57 Å². The summed E-state index contributed by atoms with van der Waals surface area (Å²) in [6.45, 7) is 0. The Morgan fingerprint density at radius 1 is 0.340 bits per heavy atom. The van der Waals surface area contributed by atoms with Gasteiger partial charge in [-0.05, 0) is 79.8 Å². The van der Waals surface area contributed by atoms with E-state index >= 15 is 0 Å². The molecule has 0 saturated carbocycles. The predicted octanol–water partition coefficient (Wildman–Crippen LogP) is 13.5.